The van der Waals surface area contributed by atoms with Gasteiger partial charge in [0.25, 0.3) is 0 Å². The van der Waals surface area contributed by atoms with Gasteiger partial charge in [-0.15, -0.1) is 0 Å². The number of fused-ring (bicyclic) bond motifs is 3. The largest absolute Gasteiger partial charge is 0.493 e. The Labute approximate surface area is 117 Å². The van der Waals surface area contributed by atoms with E-state index < -0.39 is 0 Å². The van der Waals surface area contributed by atoms with E-state index in [0.29, 0.717) is 24.3 Å². The van der Waals surface area contributed by atoms with E-state index in [1.54, 1.807) is 6.07 Å². The number of ether oxygens (including phenoxy) is 2. The molecule has 2 atom stereocenters. The number of morpholine rings is 1. The quantitative estimate of drug-likeness (QED) is 0.791. The maximum Gasteiger partial charge on any atom is 0.249 e. The molecule has 1 aromatic carbocycles. The number of nitrogens with zero attached hydrogens (tertiary/aromatic N) is 1. The Balaban J connectivity index is 2.02. The second-order valence-corrected chi connectivity index (χ2v) is 5.51. The number of halogens is 1. The third-order valence-electron chi connectivity index (χ3n) is 3.89. The number of rotatable bonds is 1. The highest BCUT2D eigenvalue weighted by Crippen LogP contribution is 2.39. The Morgan fingerprint density at radius 2 is 2.20 bits per heavy atom. The fourth-order valence-electron chi connectivity index (χ4n) is 3.10. The van der Waals surface area contributed by atoms with Crippen molar-refractivity contribution in [1.82, 2.24) is 4.90 Å². The van der Waals surface area contributed by atoms with Gasteiger partial charge >= 0.3 is 0 Å². The molecule has 0 aromatic heterocycles. The van der Waals surface area contributed by atoms with Crippen molar-refractivity contribution in [1.29, 1.82) is 0 Å². The minimum absolute atomic E-state index is 0.0129. The van der Waals surface area contributed by atoms with Crippen molar-refractivity contribution in [2.45, 2.75) is 38.5 Å². The second kappa shape index (κ2) is 5.05. The molecule has 2 heterocycles. The normalized spacial score (nSPS) is 25.8. The number of hydrogen-bond donors (Lipinski definition) is 0. The van der Waals surface area contributed by atoms with Crippen LogP contribution < -0.4 is 4.74 Å². The van der Waals surface area contributed by atoms with Crippen molar-refractivity contribution < 1.29 is 18.7 Å². The molecule has 20 heavy (non-hydrogen) atoms. The molecule has 1 amide bonds. The molecule has 5 heteroatoms. The van der Waals surface area contributed by atoms with Crippen LogP contribution in [0.15, 0.2) is 18.2 Å². The van der Waals surface area contributed by atoms with E-state index in [0.717, 1.165) is 0 Å². The molecule has 4 nitrogen and oxygen atoms in total. The van der Waals surface area contributed by atoms with Gasteiger partial charge < -0.3 is 14.4 Å². The second-order valence-electron chi connectivity index (χ2n) is 5.51. The minimum atomic E-state index is -0.316. The third kappa shape index (κ3) is 2.16. The van der Waals surface area contributed by atoms with E-state index >= 15 is 0 Å². The summed E-state index contributed by atoms with van der Waals surface area (Å²) in [6, 6.07) is 4.46. The summed E-state index contributed by atoms with van der Waals surface area (Å²) in [6.45, 7) is 4.51. The third-order valence-corrected chi connectivity index (χ3v) is 3.89. The van der Waals surface area contributed by atoms with E-state index in [1.807, 2.05) is 18.7 Å². The SMILES string of the molecule is CC(C)N1C(=O)CO[C@@H]2c3cc(F)ccc3OCC[C@H]21. The van der Waals surface area contributed by atoms with Crippen molar-refractivity contribution in [3.8, 4) is 5.75 Å². The highest BCUT2D eigenvalue weighted by Gasteiger charge is 2.41. The molecule has 0 N–H and O–H groups in total. The summed E-state index contributed by atoms with van der Waals surface area (Å²) in [6.07, 6.45) is 0.369. The van der Waals surface area contributed by atoms with E-state index in [4.69, 9.17) is 9.47 Å². The molecule has 3 rings (SSSR count). The zero-order chi connectivity index (χ0) is 14.3. The Morgan fingerprint density at radius 3 is 2.95 bits per heavy atom. The molecule has 108 valence electrons. The highest BCUT2D eigenvalue weighted by molar-refractivity contribution is 5.79. The van der Waals surface area contributed by atoms with Crippen LogP contribution in [0.5, 0.6) is 5.75 Å². The van der Waals surface area contributed by atoms with E-state index in [2.05, 4.69) is 0 Å². The first kappa shape index (κ1) is 13.4. The molecular formula is C15H18FNO3. The van der Waals surface area contributed by atoms with Gasteiger partial charge in [0.1, 0.15) is 24.3 Å². The maximum absolute atomic E-state index is 13.5. The monoisotopic (exact) mass is 279 g/mol. The molecule has 0 bridgehead atoms. The van der Waals surface area contributed by atoms with Crippen LogP contribution in [0.3, 0.4) is 0 Å². The Morgan fingerprint density at radius 1 is 1.40 bits per heavy atom. The highest BCUT2D eigenvalue weighted by atomic mass is 19.1. The summed E-state index contributed by atoms with van der Waals surface area (Å²) in [4.78, 5) is 13.9. The first-order chi connectivity index (χ1) is 9.58. The van der Waals surface area contributed by atoms with Gasteiger partial charge in [0.15, 0.2) is 0 Å². The molecule has 1 saturated heterocycles. The predicted molar refractivity (Wildman–Crippen MR) is 71.0 cm³/mol. The van der Waals surface area contributed by atoms with Crippen LogP contribution in [-0.4, -0.2) is 36.1 Å². The lowest BCUT2D eigenvalue weighted by Crippen LogP contribution is -2.53. The van der Waals surface area contributed by atoms with Crippen LogP contribution in [0.4, 0.5) is 4.39 Å². The number of hydrogen-bond acceptors (Lipinski definition) is 3. The topological polar surface area (TPSA) is 38.8 Å². The number of carbonyl (C=O) groups is 1. The van der Waals surface area contributed by atoms with Crippen LogP contribution in [0.1, 0.15) is 31.9 Å². The van der Waals surface area contributed by atoms with E-state index in [-0.39, 0.29) is 36.5 Å². The average molecular weight is 279 g/mol. The summed E-state index contributed by atoms with van der Waals surface area (Å²) in [7, 11) is 0. The lowest BCUT2D eigenvalue weighted by molar-refractivity contribution is -0.161. The van der Waals surface area contributed by atoms with Crippen LogP contribution in [0.2, 0.25) is 0 Å². The van der Waals surface area contributed by atoms with Gasteiger partial charge in [-0.2, -0.15) is 0 Å². The first-order valence-corrected chi connectivity index (χ1v) is 6.93. The van der Waals surface area contributed by atoms with Gasteiger partial charge in [-0.05, 0) is 32.0 Å². The average Bonchev–Trinajstić information content (AvgIpc) is 2.57. The summed E-state index contributed by atoms with van der Waals surface area (Å²) in [5.74, 6) is 0.322. The van der Waals surface area contributed by atoms with Gasteiger partial charge in [0.2, 0.25) is 5.91 Å². The Hall–Kier alpha value is -1.62. The maximum atomic E-state index is 13.5. The molecule has 0 spiro atoms. The summed E-state index contributed by atoms with van der Waals surface area (Å²) < 4.78 is 24.9. The summed E-state index contributed by atoms with van der Waals surface area (Å²) >= 11 is 0. The van der Waals surface area contributed by atoms with Crippen LogP contribution in [0.25, 0.3) is 0 Å². The summed E-state index contributed by atoms with van der Waals surface area (Å²) in [5, 5.41) is 0. The van der Waals surface area contributed by atoms with Crippen molar-refractivity contribution in [3.05, 3.63) is 29.6 Å². The molecule has 2 aliphatic heterocycles. The fourth-order valence-corrected chi connectivity index (χ4v) is 3.10. The van der Waals surface area contributed by atoms with Gasteiger partial charge in [-0.25, -0.2) is 4.39 Å². The van der Waals surface area contributed by atoms with E-state index in [1.165, 1.54) is 12.1 Å². The van der Waals surface area contributed by atoms with Crippen molar-refractivity contribution in [3.63, 3.8) is 0 Å². The van der Waals surface area contributed by atoms with Gasteiger partial charge in [-0.1, -0.05) is 0 Å². The summed E-state index contributed by atoms with van der Waals surface area (Å²) in [5.41, 5.74) is 0.700. The lowest BCUT2D eigenvalue weighted by atomic mass is 9.95. The standard InChI is InChI=1S/C15H18FNO3/c1-9(2)17-12-5-6-19-13-4-3-10(16)7-11(13)15(12)20-8-14(17)18/h3-4,7,9,12,15H,5-6,8H2,1-2H3/t12-,15-/m1/s1. The molecule has 0 unspecified atom stereocenters. The van der Waals surface area contributed by atoms with E-state index in [9.17, 15) is 9.18 Å². The van der Waals surface area contributed by atoms with Gasteiger partial charge in [0.05, 0.1) is 12.6 Å². The number of amides is 1. The van der Waals surface area contributed by atoms with Crippen LogP contribution in [0, 0.1) is 5.82 Å². The van der Waals surface area contributed by atoms with Crippen LogP contribution in [-0.2, 0) is 9.53 Å². The lowest BCUT2D eigenvalue weighted by Gasteiger charge is -2.42. The molecule has 2 aliphatic rings. The zero-order valence-electron chi connectivity index (χ0n) is 11.6. The predicted octanol–water partition coefficient (Wildman–Crippen LogP) is 2.29. The fraction of sp³-hybridized carbons (Fsp3) is 0.533. The Bertz CT molecular complexity index is 532. The van der Waals surface area contributed by atoms with Gasteiger partial charge in [0, 0.05) is 18.0 Å². The smallest absolute Gasteiger partial charge is 0.249 e. The molecule has 0 saturated carbocycles. The molecule has 1 aromatic rings. The molecular weight excluding hydrogens is 261 g/mol. The minimum Gasteiger partial charge on any atom is -0.493 e. The van der Waals surface area contributed by atoms with Crippen molar-refractivity contribution in [2.75, 3.05) is 13.2 Å². The van der Waals surface area contributed by atoms with Gasteiger partial charge in [-0.3, -0.25) is 4.79 Å². The van der Waals surface area contributed by atoms with Crippen molar-refractivity contribution >= 4 is 5.91 Å². The first-order valence-electron chi connectivity index (χ1n) is 6.93. The van der Waals surface area contributed by atoms with Crippen LogP contribution >= 0.6 is 0 Å². The Kier molecular flexibility index (Phi) is 3.38. The molecule has 1 fully saturated rings. The molecule has 0 aliphatic carbocycles. The molecule has 0 radical (unpaired) electrons. The van der Waals surface area contributed by atoms with Crippen molar-refractivity contribution in [2.24, 2.45) is 0 Å². The number of benzene rings is 1. The number of carbonyl (C=O) groups excluding carboxylic acids is 1. The zero-order valence-corrected chi connectivity index (χ0v) is 11.6.